The number of aryl methyl sites for hydroxylation is 1. The largest absolute Gasteiger partial charge is 0.419 e. The average Bonchev–Trinajstić information content (AvgIpc) is 3.21. The molecule has 2 aromatic rings. The third-order valence-electron chi connectivity index (χ3n) is 7.12. The molecule has 0 bridgehead atoms. The van der Waals surface area contributed by atoms with E-state index in [1.807, 2.05) is 0 Å². The van der Waals surface area contributed by atoms with Gasteiger partial charge in [0.15, 0.2) is 0 Å². The second-order valence-corrected chi connectivity index (χ2v) is 11.6. The second-order valence-electron chi connectivity index (χ2n) is 9.82. The number of amidine groups is 1. The number of hydrogen-bond donors (Lipinski definition) is 2. The van der Waals surface area contributed by atoms with E-state index < -0.39 is 39.0 Å². The van der Waals surface area contributed by atoms with E-state index in [0.717, 1.165) is 11.5 Å². The second kappa shape index (κ2) is 11.3. The molecule has 2 heterocycles. The van der Waals surface area contributed by atoms with Crippen LogP contribution >= 0.6 is 0 Å². The van der Waals surface area contributed by atoms with Crippen LogP contribution in [-0.2, 0) is 25.8 Å². The number of alkyl halides is 3. The molecular formula is C27H28F4N4O5S. The third kappa shape index (κ3) is 6.34. The Kier molecular flexibility index (Phi) is 8.39. The zero-order chi connectivity index (χ0) is 30.2. The Bertz CT molecular complexity index is 1530. The number of benzene rings is 2. The fraction of sp³-hybridized carbons (Fsp3) is 0.370. The van der Waals surface area contributed by atoms with E-state index in [2.05, 4.69) is 10.3 Å². The monoisotopic (exact) mass is 596 g/mol. The van der Waals surface area contributed by atoms with Gasteiger partial charge in [-0.3, -0.25) is 14.6 Å². The van der Waals surface area contributed by atoms with Gasteiger partial charge < -0.3 is 15.3 Å². The van der Waals surface area contributed by atoms with Crippen molar-refractivity contribution in [2.24, 2.45) is 4.99 Å². The first-order valence-electron chi connectivity index (χ1n) is 12.6. The van der Waals surface area contributed by atoms with Gasteiger partial charge in [-0.25, -0.2) is 12.8 Å². The van der Waals surface area contributed by atoms with E-state index in [9.17, 15) is 40.7 Å². The van der Waals surface area contributed by atoms with E-state index in [1.165, 1.54) is 22.2 Å². The van der Waals surface area contributed by atoms with Crippen LogP contribution < -0.4 is 10.2 Å². The fourth-order valence-electron chi connectivity index (χ4n) is 4.82. The Hall–Kier alpha value is -3.62. The van der Waals surface area contributed by atoms with Gasteiger partial charge >= 0.3 is 6.18 Å². The minimum Gasteiger partial charge on any atom is -0.395 e. The topological polar surface area (TPSA) is 119 Å². The summed E-state index contributed by atoms with van der Waals surface area (Å²) in [5, 5.41) is 12.7. The van der Waals surface area contributed by atoms with Crippen LogP contribution in [0, 0.1) is 12.7 Å². The van der Waals surface area contributed by atoms with E-state index in [4.69, 9.17) is 0 Å². The van der Waals surface area contributed by atoms with E-state index in [1.54, 1.807) is 25.1 Å². The summed E-state index contributed by atoms with van der Waals surface area (Å²) in [4.78, 5) is 30.4. The molecule has 0 aromatic heterocycles. The molecule has 1 fully saturated rings. The molecule has 41 heavy (non-hydrogen) atoms. The van der Waals surface area contributed by atoms with Crippen molar-refractivity contribution < 1.29 is 40.7 Å². The number of anilines is 1. The Morgan fingerprint density at radius 1 is 1.20 bits per heavy atom. The molecule has 0 aliphatic carbocycles. The SMILES string of the molecule is CC(=O)N(CCO)c1ccc(/C=C/S(=O)(=O)N2CCC3(CC2)N=C(c2ccc(F)c(C(F)(F)F)c2)NC3=O)c(C)c1. The number of carbonyl (C=O) groups excluding carboxylic acids is 2. The molecular weight excluding hydrogens is 568 g/mol. The van der Waals surface area contributed by atoms with Gasteiger partial charge in [-0.2, -0.15) is 17.5 Å². The van der Waals surface area contributed by atoms with Gasteiger partial charge in [0.1, 0.15) is 17.2 Å². The summed E-state index contributed by atoms with van der Waals surface area (Å²) in [5.41, 5.74) is -1.06. The third-order valence-corrected chi connectivity index (χ3v) is 8.69. The lowest BCUT2D eigenvalue weighted by Gasteiger charge is -2.34. The van der Waals surface area contributed by atoms with Gasteiger partial charge in [0, 0.05) is 43.2 Å². The number of aliphatic hydroxyl groups excluding tert-OH is 1. The van der Waals surface area contributed by atoms with Gasteiger partial charge in [0.25, 0.3) is 5.91 Å². The molecule has 2 aliphatic heterocycles. The van der Waals surface area contributed by atoms with Crippen LogP contribution in [0.1, 0.15) is 42.0 Å². The summed E-state index contributed by atoms with van der Waals surface area (Å²) in [6, 6.07) is 7.34. The highest BCUT2D eigenvalue weighted by Gasteiger charge is 2.47. The summed E-state index contributed by atoms with van der Waals surface area (Å²) in [6.45, 7) is 2.93. The molecule has 2 aromatic carbocycles. The average molecular weight is 597 g/mol. The summed E-state index contributed by atoms with van der Waals surface area (Å²) in [5.74, 6) is -2.38. The van der Waals surface area contributed by atoms with Crippen LogP contribution in [0.25, 0.3) is 6.08 Å². The molecule has 1 saturated heterocycles. The van der Waals surface area contributed by atoms with Gasteiger partial charge in [-0.05, 0) is 67.3 Å². The maximum atomic E-state index is 13.7. The quantitative estimate of drug-likeness (QED) is 0.476. The summed E-state index contributed by atoms with van der Waals surface area (Å²) in [7, 11) is -3.89. The zero-order valence-corrected chi connectivity index (χ0v) is 23.0. The van der Waals surface area contributed by atoms with Crippen LogP contribution in [-0.4, -0.2) is 67.3 Å². The first kappa shape index (κ1) is 30.3. The van der Waals surface area contributed by atoms with Crippen molar-refractivity contribution >= 4 is 39.4 Å². The smallest absolute Gasteiger partial charge is 0.395 e. The molecule has 2 N–H and O–H groups in total. The number of halogens is 4. The Morgan fingerprint density at radius 3 is 2.46 bits per heavy atom. The van der Waals surface area contributed by atoms with E-state index in [-0.39, 0.29) is 56.4 Å². The van der Waals surface area contributed by atoms with E-state index >= 15 is 0 Å². The van der Waals surface area contributed by atoms with Gasteiger partial charge in [-0.1, -0.05) is 6.07 Å². The standard InChI is InChI=1S/C27H28F4N4O5S/c1-17-15-21(35(12-13-36)18(2)37)5-3-19(17)7-14-41(39,40)34-10-8-26(9-11-34)25(38)32-24(33-26)20-4-6-23(28)22(16-20)27(29,30)31/h3-7,14-16,36H,8-13H2,1-2H3,(H,32,33,38)/b14-7+. The lowest BCUT2D eigenvalue weighted by atomic mass is 9.89. The molecule has 220 valence electrons. The Balaban J connectivity index is 1.47. The molecule has 4 rings (SSSR count). The molecule has 14 heteroatoms. The lowest BCUT2D eigenvalue weighted by Crippen LogP contribution is -2.50. The lowest BCUT2D eigenvalue weighted by molar-refractivity contribution is -0.140. The molecule has 0 unspecified atom stereocenters. The Morgan fingerprint density at radius 2 is 1.88 bits per heavy atom. The van der Waals surface area contributed by atoms with Crippen molar-refractivity contribution in [1.82, 2.24) is 9.62 Å². The van der Waals surface area contributed by atoms with Gasteiger partial charge in [0.05, 0.1) is 12.2 Å². The molecule has 1 spiro atoms. The van der Waals surface area contributed by atoms with Crippen molar-refractivity contribution in [2.45, 2.75) is 38.4 Å². The van der Waals surface area contributed by atoms with Crippen LogP contribution in [0.3, 0.4) is 0 Å². The van der Waals surface area contributed by atoms with E-state index in [0.29, 0.717) is 28.9 Å². The number of hydrogen-bond acceptors (Lipinski definition) is 6. The van der Waals surface area contributed by atoms with Crippen molar-refractivity contribution in [2.75, 3.05) is 31.1 Å². The Labute approximate surface area is 234 Å². The van der Waals surface area contributed by atoms with Crippen LogP contribution in [0.15, 0.2) is 46.8 Å². The normalized spacial score (nSPS) is 17.6. The minimum absolute atomic E-state index is 0.00217. The summed E-state index contributed by atoms with van der Waals surface area (Å²) in [6.07, 6.45) is -3.50. The van der Waals surface area contributed by atoms with Crippen molar-refractivity contribution in [3.63, 3.8) is 0 Å². The molecule has 0 atom stereocenters. The highest BCUT2D eigenvalue weighted by atomic mass is 32.2. The highest BCUT2D eigenvalue weighted by Crippen LogP contribution is 2.35. The highest BCUT2D eigenvalue weighted by molar-refractivity contribution is 7.92. The number of nitrogens with one attached hydrogen (secondary N) is 1. The van der Waals surface area contributed by atoms with Crippen LogP contribution in [0.2, 0.25) is 0 Å². The van der Waals surface area contributed by atoms with Gasteiger partial charge in [-0.15, -0.1) is 0 Å². The minimum atomic E-state index is -4.93. The maximum Gasteiger partial charge on any atom is 0.419 e. The molecule has 2 amide bonds. The number of carbonyl (C=O) groups is 2. The number of piperidine rings is 1. The number of nitrogens with zero attached hydrogens (tertiary/aromatic N) is 3. The van der Waals surface area contributed by atoms with Crippen LogP contribution in [0.5, 0.6) is 0 Å². The maximum absolute atomic E-state index is 13.7. The first-order chi connectivity index (χ1) is 19.2. The molecule has 0 radical (unpaired) electrons. The first-order valence-corrected chi connectivity index (χ1v) is 14.1. The zero-order valence-electron chi connectivity index (χ0n) is 22.2. The fourth-order valence-corrected chi connectivity index (χ4v) is 6.00. The molecule has 2 aliphatic rings. The molecule has 9 nitrogen and oxygen atoms in total. The number of amides is 2. The predicted octanol–water partition coefficient (Wildman–Crippen LogP) is 3.21. The predicted molar refractivity (Wildman–Crippen MR) is 144 cm³/mol. The van der Waals surface area contributed by atoms with Gasteiger partial charge in [0.2, 0.25) is 15.9 Å². The van der Waals surface area contributed by atoms with Crippen LogP contribution in [0.4, 0.5) is 23.2 Å². The number of sulfonamides is 1. The van der Waals surface area contributed by atoms with Crippen molar-refractivity contribution in [3.8, 4) is 0 Å². The van der Waals surface area contributed by atoms with Crippen molar-refractivity contribution in [3.05, 3.63) is 69.9 Å². The summed E-state index contributed by atoms with van der Waals surface area (Å²) >= 11 is 0. The van der Waals surface area contributed by atoms with Crippen molar-refractivity contribution in [1.29, 1.82) is 0 Å². The number of aliphatic hydroxyl groups is 1. The summed E-state index contributed by atoms with van der Waals surface area (Å²) < 4.78 is 80.4. The molecule has 0 saturated carbocycles. The number of rotatable bonds is 7. The number of aliphatic imine (C=N–C) groups is 1.